The van der Waals surface area contributed by atoms with Crippen LogP contribution in [0.3, 0.4) is 0 Å². The quantitative estimate of drug-likeness (QED) is 0.495. The predicted molar refractivity (Wildman–Crippen MR) is 92.1 cm³/mol. The van der Waals surface area contributed by atoms with E-state index in [1.807, 2.05) is 0 Å². The van der Waals surface area contributed by atoms with Crippen molar-refractivity contribution >= 4 is 17.7 Å². The molecule has 0 fully saturated rings. The SMILES string of the molecule is COc1cc(C(C)=O)ccc1OCCCC(=O)NC(C(=O)O)C(C)C. The summed E-state index contributed by atoms with van der Waals surface area (Å²) < 4.78 is 10.8. The maximum atomic E-state index is 11.8. The Labute approximate surface area is 147 Å². The van der Waals surface area contributed by atoms with E-state index in [0.29, 0.717) is 23.5 Å². The van der Waals surface area contributed by atoms with Crippen LogP contribution in [0, 0.1) is 5.92 Å². The lowest BCUT2D eigenvalue weighted by Crippen LogP contribution is -2.44. The first-order valence-electron chi connectivity index (χ1n) is 8.10. The van der Waals surface area contributed by atoms with Crippen molar-refractivity contribution in [3.05, 3.63) is 23.8 Å². The number of Topliss-reactive ketones (excluding diaryl/α,β-unsaturated/α-hetero) is 1. The van der Waals surface area contributed by atoms with Gasteiger partial charge in [-0.25, -0.2) is 4.79 Å². The van der Waals surface area contributed by atoms with Gasteiger partial charge in [0.1, 0.15) is 6.04 Å². The summed E-state index contributed by atoms with van der Waals surface area (Å²) in [6.45, 7) is 5.20. The molecule has 0 aromatic heterocycles. The molecule has 0 radical (unpaired) electrons. The molecule has 1 unspecified atom stereocenters. The van der Waals surface area contributed by atoms with Gasteiger partial charge in [-0.15, -0.1) is 0 Å². The molecule has 1 rings (SSSR count). The summed E-state index contributed by atoms with van der Waals surface area (Å²) in [5.41, 5.74) is 0.525. The molecule has 7 heteroatoms. The second kappa shape index (κ2) is 9.66. The monoisotopic (exact) mass is 351 g/mol. The molecule has 0 saturated heterocycles. The van der Waals surface area contributed by atoms with Crippen molar-refractivity contribution < 1.29 is 29.0 Å². The Balaban J connectivity index is 2.49. The van der Waals surface area contributed by atoms with Gasteiger partial charge >= 0.3 is 5.97 Å². The Morgan fingerprint density at radius 3 is 2.40 bits per heavy atom. The molecule has 0 aliphatic rings. The molecule has 0 aliphatic heterocycles. The first kappa shape index (κ1) is 20.5. The number of benzene rings is 1. The van der Waals surface area contributed by atoms with Crippen molar-refractivity contribution in [3.8, 4) is 11.5 Å². The van der Waals surface area contributed by atoms with Crippen LogP contribution in [0.5, 0.6) is 11.5 Å². The number of ketones is 1. The van der Waals surface area contributed by atoms with Crippen molar-refractivity contribution in [2.24, 2.45) is 5.92 Å². The van der Waals surface area contributed by atoms with Crippen molar-refractivity contribution in [2.75, 3.05) is 13.7 Å². The fourth-order valence-corrected chi connectivity index (χ4v) is 2.18. The van der Waals surface area contributed by atoms with E-state index in [1.54, 1.807) is 32.0 Å². The van der Waals surface area contributed by atoms with Crippen LogP contribution in [0.25, 0.3) is 0 Å². The number of carbonyl (C=O) groups is 3. The van der Waals surface area contributed by atoms with Gasteiger partial charge in [-0.2, -0.15) is 0 Å². The molecule has 1 amide bonds. The molecular weight excluding hydrogens is 326 g/mol. The molecule has 1 aromatic carbocycles. The lowest BCUT2D eigenvalue weighted by molar-refractivity contribution is -0.143. The molecule has 138 valence electrons. The van der Waals surface area contributed by atoms with Gasteiger partial charge < -0.3 is 19.9 Å². The molecule has 1 atom stereocenters. The van der Waals surface area contributed by atoms with Gasteiger partial charge in [0.05, 0.1) is 13.7 Å². The van der Waals surface area contributed by atoms with E-state index in [1.165, 1.54) is 14.0 Å². The topological polar surface area (TPSA) is 102 Å². The summed E-state index contributed by atoms with van der Waals surface area (Å²) in [4.78, 5) is 34.2. The number of rotatable bonds is 10. The van der Waals surface area contributed by atoms with Crippen LogP contribution in [0.2, 0.25) is 0 Å². The van der Waals surface area contributed by atoms with Gasteiger partial charge in [0, 0.05) is 12.0 Å². The van der Waals surface area contributed by atoms with E-state index in [4.69, 9.17) is 14.6 Å². The first-order chi connectivity index (χ1) is 11.8. The average molecular weight is 351 g/mol. The zero-order chi connectivity index (χ0) is 19.0. The number of amides is 1. The highest BCUT2D eigenvalue weighted by molar-refractivity contribution is 5.94. The summed E-state index contributed by atoms with van der Waals surface area (Å²) in [6, 6.07) is 4.00. The predicted octanol–water partition coefficient (Wildman–Crippen LogP) is 2.28. The standard InChI is InChI=1S/C18H25NO6/c1-11(2)17(18(22)23)19-16(21)6-5-9-25-14-8-7-13(12(3)20)10-15(14)24-4/h7-8,10-11,17H,5-6,9H2,1-4H3,(H,19,21)(H,22,23). The minimum atomic E-state index is -1.05. The lowest BCUT2D eigenvalue weighted by atomic mass is 10.0. The van der Waals surface area contributed by atoms with E-state index < -0.39 is 12.0 Å². The molecule has 2 N–H and O–H groups in total. The number of carboxylic acid groups (broad SMARTS) is 1. The third-order valence-electron chi connectivity index (χ3n) is 3.63. The summed E-state index contributed by atoms with van der Waals surface area (Å²) in [5, 5.41) is 11.6. The minimum absolute atomic E-state index is 0.0698. The number of aliphatic carboxylic acids is 1. The third-order valence-corrected chi connectivity index (χ3v) is 3.63. The van der Waals surface area contributed by atoms with Crippen LogP contribution in [0.1, 0.15) is 44.0 Å². The number of ether oxygens (including phenoxy) is 2. The van der Waals surface area contributed by atoms with Crippen LogP contribution in [-0.4, -0.2) is 42.5 Å². The van der Waals surface area contributed by atoms with Crippen molar-refractivity contribution in [1.82, 2.24) is 5.32 Å². The Bertz CT molecular complexity index is 626. The highest BCUT2D eigenvalue weighted by atomic mass is 16.5. The zero-order valence-corrected chi connectivity index (χ0v) is 15.0. The zero-order valence-electron chi connectivity index (χ0n) is 15.0. The molecule has 25 heavy (non-hydrogen) atoms. The molecule has 0 heterocycles. The number of hydrogen-bond acceptors (Lipinski definition) is 5. The minimum Gasteiger partial charge on any atom is -0.493 e. The fourth-order valence-electron chi connectivity index (χ4n) is 2.18. The fraction of sp³-hybridized carbons (Fsp3) is 0.500. The van der Waals surface area contributed by atoms with Crippen LogP contribution in [0.4, 0.5) is 0 Å². The van der Waals surface area contributed by atoms with Gasteiger partial charge in [0.15, 0.2) is 17.3 Å². The van der Waals surface area contributed by atoms with Crippen molar-refractivity contribution in [3.63, 3.8) is 0 Å². The second-order valence-electron chi connectivity index (χ2n) is 6.00. The summed E-state index contributed by atoms with van der Waals surface area (Å²) in [6.07, 6.45) is 0.582. The number of carbonyl (C=O) groups excluding carboxylic acids is 2. The molecule has 0 spiro atoms. The third kappa shape index (κ3) is 6.45. The average Bonchev–Trinajstić information content (AvgIpc) is 2.55. The molecule has 0 aliphatic carbocycles. The van der Waals surface area contributed by atoms with Gasteiger partial charge in [-0.05, 0) is 37.5 Å². The van der Waals surface area contributed by atoms with Gasteiger partial charge in [0.25, 0.3) is 0 Å². The number of hydrogen-bond donors (Lipinski definition) is 2. The molecular formula is C18H25NO6. The molecule has 0 bridgehead atoms. The van der Waals surface area contributed by atoms with Crippen molar-refractivity contribution in [2.45, 2.75) is 39.7 Å². The normalized spacial score (nSPS) is 11.7. The summed E-state index contributed by atoms with van der Waals surface area (Å²) >= 11 is 0. The second-order valence-corrected chi connectivity index (χ2v) is 6.00. The number of methoxy groups -OCH3 is 1. The van der Waals surface area contributed by atoms with Crippen LogP contribution < -0.4 is 14.8 Å². The van der Waals surface area contributed by atoms with Crippen LogP contribution in [0.15, 0.2) is 18.2 Å². The Kier molecular flexibility index (Phi) is 7.91. The first-order valence-corrected chi connectivity index (χ1v) is 8.10. The maximum absolute atomic E-state index is 11.8. The van der Waals surface area contributed by atoms with E-state index in [0.717, 1.165) is 0 Å². The molecule has 7 nitrogen and oxygen atoms in total. The van der Waals surface area contributed by atoms with Gasteiger partial charge in [-0.3, -0.25) is 9.59 Å². The molecule has 1 aromatic rings. The van der Waals surface area contributed by atoms with Crippen molar-refractivity contribution in [1.29, 1.82) is 0 Å². The highest BCUT2D eigenvalue weighted by Crippen LogP contribution is 2.28. The highest BCUT2D eigenvalue weighted by Gasteiger charge is 2.23. The largest absolute Gasteiger partial charge is 0.493 e. The lowest BCUT2D eigenvalue weighted by Gasteiger charge is -2.18. The summed E-state index contributed by atoms with van der Waals surface area (Å²) in [5.74, 6) is -0.707. The van der Waals surface area contributed by atoms with E-state index >= 15 is 0 Å². The van der Waals surface area contributed by atoms with Gasteiger partial charge in [0.2, 0.25) is 5.91 Å². The Hall–Kier alpha value is -2.57. The van der Waals surface area contributed by atoms with E-state index in [-0.39, 0.29) is 30.6 Å². The van der Waals surface area contributed by atoms with Gasteiger partial charge in [-0.1, -0.05) is 13.8 Å². The molecule has 0 saturated carbocycles. The van der Waals surface area contributed by atoms with Crippen LogP contribution >= 0.6 is 0 Å². The smallest absolute Gasteiger partial charge is 0.326 e. The Morgan fingerprint density at radius 2 is 1.88 bits per heavy atom. The number of nitrogens with one attached hydrogen (secondary N) is 1. The summed E-state index contributed by atoms with van der Waals surface area (Å²) in [7, 11) is 1.48. The van der Waals surface area contributed by atoms with E-state index in [2.05, 4.69) is 5.32 Å². The van der Waals surface area contributed by atoms with E-state index in [9.17, 15) is 14.4 Å². The van der Waals surface area contributed by atoms with Crippen LogP contribution in [-0.2, 0) is 9.59 Å². The Morgan fingerprint density at radius 1 is 1.20 bits per heavy atom. The maximum Gasteiger partial charge on any atom is 0.326 e. The number of carboxylic acids is 1.